The van der Waals surface area contributed by atoms with Gasteiger partial charge in [0.05, 0.1) is 12.2 Å². The molecule has 3 amide bonds. The summed E-state index contributed by atoms with van der Waals surface area (Å²) in [5.41, 5.74) is 0. The van der Waals surface area contributed by atoms with Crippen LogP contribution in [0.2, 0.25) is 0 Å². The molecule has 3 saturated heterocycles. The molecule has 0 aliphatic carbocycles. The number of hydrogen-bond donors (Lipinski definition) is 0. The summed E-state index contributed by atoms with van der Waals surface area (Å²) in [6.45, 7) is 1.70. The van der Waals surface area contributed by atoms with Crippen LogP contribution in [0.5, 0.6) is 0 Å². The summed E-state index contributed by atoms with van der Waals surface area (Å²) in [7, 11) is 5.15. The number of likely N-dealkylation sites (tertiary alicyclic amines) is 1. The minimum absolute atomic E-state index is 0.0847. The van der Waals surface area contributed by atoms with E-state index in [9.17, 15) is 9.59 Å². The number of fused-ring (bicyclic) bond motifs is 2. The lowest BCUT2D eigenvalue weighted by molar-refractivity contribution is -0.144. The third kappa shape index (κ3) is 4.08. The maximum atomic E-state index is 12.2. The van der Waals surface area contributed by atoms with Crippen molar-refractivity contribution in [2.24, 2.45) is 0 Å². The molecule has 0 aromatic heterocycles. The van der Waals surface area contributed by atoms with Crippen molar-refractivity contribution in [1.82, 2.24) is 14.7 Å². The van der Waals surface area contributed by atoms with E-state index in [4.69, 9.17) is 9.47 Å². The Labute approximate surface area is 150 Å². The molecular weight excluding hydrogens is 322 g/mol. The molecule has 3 fully saturated rings. The first kappa shape index (κ1) is 18.5. The largest absolute Gasteiger partial charge is 0.375 e. The number of hydrogen-bond acceptors (Lipinski definition) is 4. The van der Waals surface area contributed by atoms with Crippen LogP contribution in [0, 0.1) is 0 Å². The Morgan fingerprint density at radius 3 is 2.12 bits per heavy atom. The fourth-order valence-corrected chi connectivity index (χ4v) is 4.58. The van der Waals surface area contributed by atoms with E-state index in [0.717, 1.165) is 51.6 Å². The summed E-state index contributed by atoms with van der Waals surface area (Å²) in [6, 6.07) is 0.699. The first-order valence-corrected chi connectivity index (χ1v) is 9.41. The highest BCUT2D eigenvalue weighted by molar-refractivity contribution is 5.78. The van der Waals surface area contributed by atoms with E-state index in [-0.39, 0.29) is 30.8 Å². The van der Waals surface area contributed by atoms with E-state index in [1.807, 2.05) is 9.80 Å². The molecule has 3 atom stereocenters. The molecular formula is C18H31N3O4. The summed E-state index contributed by atoms with van der Waals surface area (Å²) in [5, 5.41) is 0. The minimum Gasteiger partial charge on any atom is -0.375 e. The van der Waals surface area contributed by atoms with Crippen LogP contribution in [0.1, 0.15) is 38.5 Å². The van der Waals surface area contributed by atoms with Crippen molar-refractivity contribution in [2.75, 3.05) is 40.9 Å². The predicted octanol–water partition coefficient (Wildman–Crippen LogP) is 1.32. The van der Waals surface area contributed by atoms with Crippen LogP contribution in [0.3, 0.4) is 0 Å². The van der Waals surface area contributed by atoms with Crippen molar-refractivity contribution in [3.05, 3.63) is 0 Å². The molecule has 142 valence electrons. The van der Waals surface area contributed by atoms with Gasteiger partial charge in [0.1, 0.15) is 6.61 Å². The smallest absolute Gasteiger partial charge is 0.319 e. The molecule has 0 aromatic carbocycles. The van der Waals surface area contributed by atoms with Gasteiger partial charge in [0.25, 0.3) is 0 Å². The Morgan fingerprint density at radius 2 is 1.60 bits per heavy atom. The summed E-state index contributed by atoms with van der Waals surface area (Å²) >= 11 is 0. The lowest BCUT2D eigenvalue weighted by Crippen LogP contribution is -2.51. The van der Waals surface area contributed by atoms with E-state index in [1.165, 1.54) is 0 Å². The van der Waals surface area contributed by atoms with Gasteiger partial charge in [-0.05, 0) is 38.5 Å². The maximum absolute atomic E-state index is 12.2. The van der Waals surface area contributed by atoms with E-state index in [1.54, 1.807) is 26.1 Å². The first-order valence-electron chi connectivity index (χ1n) is 9.41. The van der Waals surface area contributed by atoms with Crippen LogP contribution in [-0.4, -0.2) is 91.8 Å². The molecule has 0 saturated carbocycles. The van der Waals surface area contributed by atoms with Crippen molar-refractivity contribution < 1.29 is 19.1 Å². The number of urea groups is 1. The average Bonchev–Trinajstić information content (AvgIpc) is 2.86. The first-order chi connectivity index (χ1) is 12.0. The van der Waals surface area contributed by atoms with Crippen LogP contribution in [-0.2, 0) is 14.3 Å². The zero-order valence-electron chi connectivity index (χ0n) is 15.6. The molecule has 2 bridgehead atoms. The van der Waals surface area contributed by atoms with Crippen LogP contribution in [0.25, 0.3) is 0 Å². The van der Waals surface area contributed by atoms with E-state index >= 15 is 0 Å². The van der Waals surface area contributed by atoms with E-state index in [2.05, 4.69) is 0 Å². The predicted molar refractivity (Wildman–Crippen MR) is 93.3 cm³/mol. The van der Waals surface area contributed by atoms with Gasteiger partial charge in [0, 0.05) is 46.4 Å². The highest BCUT2D eigenvalue weighted by Crippen LogP contribution is 2.37. The lowest BCUT2D eigenvalue weighted by atomic mass is 9.98. The highest BCUT2D eigenvalue weighted by atomic mass is 16.5. The molecule has 3 aliphatic rings. The number of piperidine rings is 2. The number of nitrogens with zero attached hydrogens (tertiary/aromatic N) is 3. The van der Waals surface area contributed by atoms with Crippen LogP contribution < -0.4 is 0 Å². The van der Waals surface area contributed by atoms with Gasteiger partial charge in [0.15, 0.2) is 0 Å². The normalized spacial score (nSPS) is 29.8. The van der Waals surface area contributed by atoms with Gasteiger partial charge in [-0.15, -0.1) is 0 Å². The second-order valence-electron chi connectivity index (χ2n) is 7.71. The Bertz CT molecular complexity index is 477. The van der Waals surface area contributed by atoms with Gasteiger partial charge in [-0.25, -0.2) is 4.79 Å². The van der Waals surface area contributed by atoms with Gasteiger partial charge in [-0.1, -0.05) is 0 Å². The average molecular weight is 353 g/mol. The van der Waals surface area contributed by atoms with Gasteiger partial charge in [0.2, 0.25) is 5.91 Å². The zero-order chi connectivity index (χ0) is 18.0. The standard InChI is InChI=1S/C18H31N3O4/c1-19(2)18(23)20-8-6-15(7-9-20)25-16-10-13-4-5-14(11-16)21(13)17(22)12-24-3/h13-16H,4-12H2,1-3H3/t13-,14+,16?. The molecule has 0 N–H and O–H groups in total. The minimum atomic E-state index is 0.0847. The van der Waals surface area contributed by atoms with Crippen molar-refractivity contribution in [3.8, 4) is 0 Å². The number of rotatable bonds is 4. The Morgan fingerprint density at radius 1 is 1.00 bits per heavy atom. The van der Waals surface area contributed by atoms with Crippen molar-refractivity contribution >= 4 is 11.9 Å². The van der Waals surface area contributed by atoms with Crippen LogP contribution >= 0.6 is 0 Å². The zero-order valence-corrected chi connectivity index (χ0v) is 15.6. The summed E-state index contributed by atoms with van der Waals surface area (Å²) < 4.78 is 11.4. The third-order valence-electron chi connectivity index (χ3n) is 5.73. The van der Waals surface area contributed by atoms with Gasteiger partial charge >= 0.3 is 6.03 Å². The van der Waals surface area contributed by atoms with Crippen molar-refractivity contribution in [2.45, 2.75) is 62.8 Å². The number of carbonyl (C=O) groups is 2. The quantitative estimate of drug-likeness (QED) is 0.765. The highest BCUT2D eigenvalue weighted by Gasteiger charge is 2.44. The second kappa shape index (κ2) is 7.91. The molecule has 1 unspecified atom stereocenters. The van der Waals surface area contributed by atoms with E-state index < -0.39 is 0 Å². The fourth-order valence-electron chi connectivity index (χ4n) is 4.58. The third-order valence-corrected chi connectivity index (χ3v) is 5.73. The van der Waals surface area contributed by atoms with Crippen LogP contribution in [0.4, 0.5) is 4.79 Å². The van der Waals surface area contributed by atoms with E-state index in [0.29, 0.717) is 12.1 Å². The number of carbonyl (C=O) groups excluding carboxylic acids is 2. The molecule has 7 nitrogen and oxygen atoms in total. The Hall–Kier alpha value is -1.34. The Kier molecular flexibility index (Phi) is 5.84. The molecule has 0 radical (unpaired) electrons. The molecule has 3 heterocycles. The van der Waals surface area contributed by atoms with Crippen molar-refractivity contribution in [3.63, 3.8) is 0 Å². The summed E-state index contributed by atoms with van der Waals surface area (Å²) in [4.78, 5) is 29.8. The molecule has 0 spiro atoms. The monoisotopic (exact) mass is 353 g/mol. The van der Waals surface area contributed by atoms with Gasteiger partial charge < -0.3 is 24.2 Å². The molecule has 3 aliphatic heterocycles. The van der Waals surface area contributed by atoms with Gasteiger partial charge in [-0.2, -0.15) is 0 Å². The Balaban J connectivity index is 1.47. The molecule has 0 aromatic rings. The van der Waals surface area contributed by atoms with Gasteiger partial charge in [-0.3, -0.25) is 4.79 Å². The second-order valence-corrected chi connectivity index (χ2v) is 7.71. The molecule has 3 rings (SSSR count). The molecule has 7 heteroatoms. The molecule has 25 heavy (non-hydrogen) atoms. The number of amides is 3. The fraction of sp³-hybridized carbons (Fsp3) is 0.889. The number of ether oxygens (including phenoxy) is 2. The lowest BCUT2D eigenvalue weighted by Gasteiger charge is -2.41. The SMILES string of the molecule is COCC(=O)N1[C@@H]2CC[C@H]1CC(OC1CCN(C(=O)N(C)C)CC1)C2. The summed E-state index contributed by atoms with van der Waals surface area (Å²) in [5.74, 6) is 0.115. The van der Waals surface area contributed by atoms with Crippen LogP contribution in [0.15, 0.2) is 0 Å². The number of methoxy groups -OCH3 is 1. The van der Waals surface area contributed by atoms with Crippen molar-refractivity contribution in [1.29, 1.82) is 0 Å². The topological polar surface area (TPSA) is 62.3 Å². The summed E-state index contributed by atoms with van der Waals surface area (Å²) in [6.07, 6.45) is 6.30. The maximum Gasteiger partial charge on any atom is 0.319 e.